The van der Waals surface area contributed by atoms with Gasteiger partial charge >= 0.3 is 0 Å². The third-order valence-electron chi connectivity index (χ3n) is 3.04. The summed E-state index contributed by atoms with van der Waals surface area (Å²) in [6.07, 6.45) is 0.869. The van der Waals surface area contributed by atoms with Gasteiger partial charge in [0.15, 0.2) is 0 Å². The van der Waals surface area contributed by atoms with Crippen LogP contribution in [-0.2, 0) is 0 Å². The van der Waals surface area contributed by atoms with Crippen molar-refractivity contribution in [2.75, 3.05) is 12.3 Å². The van der Waals surface area contributed by atoms with Crippen LogP contribution in [0.15, 0.2) is 16.6 Å². The van der Waals surface area contributed by atoms with E-state index in [0.29, 0.717) is 16.6 Å². The molecule has 5 heteroatoms. The van der Waals surface area contributed by atoms with Crippen LogP contribution in [0.25, 0.3) is 0 Å². The van der Waals surface area contributed by atoms with Gasteiger partial charge in [0.05, 0.1) is 11.3 Å². The maximum atomic E-state index is 13.3. The molecule has 0 heterocycles. The Hall–Kier alpha value is -1.10. The first kappa shape index (κ1) is 15.0. The summed E-state index contributed by atoms with van der Waals surface area (Å²) in [5, 5.41) is 0. The van der Waals surface area contributed by atoms with E-state index in [9.17, 15) is 9.18 Å². The van der Waals surface area contributed by atoms with Crippen LogP contribution in [0.1, 0.15) is 37.6 Å². The van der Waals surface area contributed by atoms with Crippen LogP contribution in [0.4, 0.5) is 10.1 Å². The van der Waals surface area contributed by atoms with Crippen molar-refractivity contribution in [2.45, 2.75) is 33.2 Å². The van der Waals surface area contributed by atoms with E-state index in [1.54, 1.807) is 4.90 Å². The molecule has 0 fully saturated rings. The average Bonchev–Trinajstić information content (AvgIpc) is 2.34. The molecule has 1 rings (SSSR count). The van der Waals surface area contributed by atoms with Crippen LogP contribution in [-0.4, -0.2) is 23.4 Å². The lowest BCUT2D eigenvalue weighted by Gasteiger charge is -2.27. The normalized spacial score (nSPS) is 12.3. The Morgan fingerprint density at radius 1 is 1.50 bits per heavy atom. The van der Waals surface area contributed by atoms with Gasteiger partial charge in [-0.05, 0) is 48.3 Å². The highest BCUT2D eigenvalue weighted by molar-refractivity contribution is 9.10. The lowest BCUT2D eigenvalue weighted by molar-refractivity contribution is 0.0699. The SMILES string of the molecule is CCC(C)N(CC)C(=O)c1cc(N)c(F)cc1Br. The van der Waals surface area contributed by atoms with Crippen molar-refractivity contribution in [1.82, 2.24) is 4.90 Å². The van der Waals surface area contributed by atoms with E-state index in [2.05, 4.69) is 15.9 Å². The minimum Gasteiger partial charge on any atom is -0.396 e. The molecule has 0 saturated heterocycles. The first-order valence-corrected chi connectivity index (χ1v) is 6.77. The summed E-state index contributed by atoms with van der Waals surface area (Å²) in [6, 6.07) is 2.75. The van der Waals surface area contributed by atoms with Gasteiger partial charge in [-0.25, -0.2) is 4.39 Å². The van der Waals surface area contributed by atoms with Crippen molar-refractivity contribution >= 4 is 27.5 Å². The Balaban J connectivity index is 3.13. The Morgan fingerprint density at radius 3 is 2.61 bits per heavy atom. The fourth-order valence-electron chi connectivity index (χ4n) is 1.76. The molecule has 0 aliphatic carbocycles. The average molecular weight is 317 g/mol. The summed E-state index contributed by atoms with van der Waals surface area (Å²) in [5.41, 5.74) is 5.90. The fourth-order valence-corrected chi connectivity index (χ4v) is 2.25. The zero-order valence-corrected chi connectivity index (χ0v) is 12.4. The molecule has 1 amide bonds. The summed E-state index contributed by atoms with van der Waals surface area (Å²) in [5.74, 6) is -0.657. The first-order chi connectivity index (χ1) is 8.42. The second-order valence-electron chi connectivity index (χ2n) is 4.20. The number of anilines is 1. The van der Waals surface area contributed by atoms with Crippen LogP contribution >= 0.6 is 15.9 Å². The van der Waals surface area contributed by atoms with Crippen LogP contribution in [0.5, 0.6) is 0 Å². The Bertz CT molecular complexity index is 451. The molecular weight excluding hydrogens is 299 g/mol. The molecule has 0 aliphatic rings. The number of hydrogen-bond acceptors (Lipinski definition) is 2. The van der Waals surface area contributed by atoms with E-state index >= 15 is 0 Å². The molecule has 18 heavy (non-hydrogen) atoms. The van der Waals surface area contributed by atoms with Crippen molar-refractivity contribution in [3.05, 3.63) is 28.0 Å². The predicted octanol–water partition coefficient (Wildman–Crippen LogP) is 3.43. The van der Waals surface area contributed by atoms with Crippen molar-refractivity contribution in [1.29, 1.82) is 0 Å². The molecule has 100 valence electrons. The van der Waals surface area contributed by atoms with Gasteiger partial charge in [-0.3, -0.25) is 4.79 Å². The minimum atomic E-state index is -0.523. The van der Waals surface area contributed by atoms with Crippen LogP contribution in [0.3, 0.4) is 0 Å². The molecule has 2 N–H and O–H groups in total. The molecule has 1 atom stereocenters. The maximum absolute atomic E-state index is 13.3. The Kier molecular flexibility index (Phi) is 5.14. The van der Waals surface area contributed by atoms with Crippen molar-refractivity contribution in [3.8, 4) is 0 Å². The van der Waals surface area contributed by atoms with Gasteiger partial charge in [0.2, 0.25) is 0 Å². The number of carbonyl (C=O) groups excluding carboxylic acids is 1. The first-order valence-electron chi connectivity index (χ1n) is 5.97. The van der Waals surface area contributed by atoms with E-state index in [4.69, 9.17) is 5.73 Å². The highest BCUT2D eigenvalue weighted by Crippen LogP contribution is 2.25. The largest absolute Gasteiger partial charge is 0.396 e. The number of hydrogen-bond donors (Lipinski definition) is 1. The number of nitrogen functional groups attached to an aromatic ring is 1. The molecule has 0 bridgehead atoms. The maximum Gasteiger partial charge on any atom is 0.255 e. The molecule has 0 radical (unpaired) electrons. The highest BCUT2D eigenvalue weighted by Gasteiger charge is 2.21. The molecular formula is C13H18BrFN2O. The van der Waals surface area contributed by atoms with Gasteiger partial charge in [-0.2, -0.15) is 0 Å². The third kappa shape index (κ3) is 3.02. The van der Waals surface area contributed by atoms with Crippen LogP contribution in [0, 0.1) is 5.82 Å². The molecule has 0 aliphatic heterocycles. The van der Waals surface area contributed by atoms with Crippen molar-refractivity contribution < 1.29 is 9.18 Å². The zero-order valence-electron chi connectivity index (χ0n) is 10.8. The third-order valence-corrected chi connectivity index (χ3v) is 3.70. The topological polar surface area (TPSA) is 46.3 Å². The number of halogens is 2. The van der Waals surface area contributed by atoms with E-state index in [1.165, 1.54) is 12.1 Å². The smallest absolute Gasteiger partial charge is 0.255 e. The lowest BCUT2D eigenvalue weighted by Crippen LogP contribution is -2.38. The highest BCUT2D eigenvalue weighted by atomic mass is 79.9. The number of amides is 1. The summed E-state index contributed by atoms with van der Waals surface area (Å²) in [7, 11) is 0. The molecule has 1 aromatic rings. The predicted molar refractivity (Wildman–Crippen MR) is 75.0 cm³/mol. The van der Waals surface area contributed by atoms with Crippen LogP contribution in [0.2, 0.25) is 0 Å². The summed E-state index contributed by atoms with van der Waals surface area (Å²) >= 11 is 3.21. The molecule has 0 spiro atoms. The van der Waals surface area contributed by atoms with Gasteiger partial charge in [0.25, 0.3) is 5.91 Å². The second-order valence-corrected chi connectivity index (χ2v) is 5.06. The van der Waals surface area contributed by atoms with Gasteiger partial charge < -0.3 is 10.6 Å². The molecule has 0 aromatic heterocycles. The van der Waals surface area contributed by atoms with E-state index < -0.39 is 5.82 Å². The molecule has 3 nitrogen and oxygen atoms in total. The quantitative estimate of drug-likeness (QED) is 0.865. The number of rotatable bonds is 4. The summed E-state index contributed by atoms with van der Waals surface area (Å²) in [6.45, 7) is 6.54. The van der Waals surface area contributed by atoms with Crippen molar-refractivity contribution in [3.63, 3.8) is 0 Å². The van der Waals surface area contributed by atoms with E-state index in [1.807, 2.05) is 20.8 Å². The monoisotopic (exact) mass is 316 g/mol. The van der Waals surface area contributed by atoms with E-state index in [0.717, 1.165) is 6.42 Å². The molecule has 1 unspecified atom stereocenters. The van der Waals surface area contributed by atoms with Crippen LogP contribution < -0.4 is 5.73 Å². The number of nitrogens with zero attached hydrogens (tertiary/aromatic N) is 1. The van der Waals surface area contributed by atoms with Gasteiger partial charge in [0.1, 0.15) is 5.82 Å². The molecule has 0 saturated carbocycles. The van der Waals surface area contributed by atoms with Gasteiger partial charge in [-0.15, -0.1) is 0 Å². The number of benzene rings is 1. The second kappa shape index (κ2) is 6.18. The van der Waals surface area contributed by atoms with Gasteiger partial charge in [-0.1, -0.05) is 6.92 Å². The minimum absolute atomic E-state index is 0.0123. The standard InChI is InChI=1S/C13H18BrFN2O/c1-4-8(3)17(5-2)13(18)9-6-12(16)11(15)7-10(9)14/h6-8H,4-5,16H2,1-3H3. The summed E-state index contributed by atoms with van der Waals surface area (Å²) in [4.78, 5) is 14.1. The molecule has 1 aromatic carbocycles. The zero-order chi connectivity index (χ0) is 13.9. The fraction of sp³-hybridized carbons (Fsp3) is 0.462. The Labute approximate surface area is 115 Å². The van der Waals surface area contributed by atoms with E-state index in [-0.39, 0.29) is 17.6 Å². The Morgan fingerprint density at radius 2 is 2.11 bits per heavy atom. The van der Waals surface area contributed by atoms with Crippen molar-refractivity contribution in [2.24, 2.45) is 0 Å². The number of nitrogens with two attached hydrogens (primary N) is 1. The number of carbonyl (C=O) groups is 1. The lowest BCUT2D eigenvalue weighted by atomic mass is 10.1. The van der Waals surface area contributed by atoms with Gasteiger partial charge in [0, 0.05) is 17.1 Å². The summed E-state index contributed by atoms with van der Waals surface area (Å²) < 4.78 is 13.7.